The predicted molar refractivity (Wildman–Crippen MR) is 72.4 cm³/mol. The van der Waals surface area contributed by atoms with E-state index in [0.29, 0.717) is 18.0 Å². The van der Waals surface area contributed by atoms with Crippen LogP contribution in [0, 0.1) is 5.82 Å². The fourth-order valence-corrected chi connectivity index (χ4v) is 2.81. The molecule has 0 aliphatic heterocycles. The van der Waals surface area contributed by atoms with Crippen molar-refractivity contribution in [1.82, 2.24) is 4.90 Å². The molecule has 3 nitrogen and oxygen atoms in total. The van der Waals surface area contributed by atoms with Crippen molar-refractivity contribution in [2.45, 2.75) is 6.42 Å². The maximum atomic E-state index is 13.1. The lowest BCUT2D eigenvalue weighted by Gasteiger charge is -2.15. The second kappa shape index (κ2) is 5.46. The van der Waals surface area contributed by atoms with E-state index in [0.717, 1.165) is 16.5 Å². The van der Waals surface area contributed by atoms with Crippen LogP contribution in [0.1, 0.15) is 16.1 Å². The molecule has 0 spiro atoms. The van der Waals surface area contributed by atoms with E-state index in [4.69, 9.17) is 5.73 Å². The molecule has 0 aliphatic carbocycles. The number of halogens is 1. The molecular formula is C13H15FN2OS. The van der Waals surface area contributed by atoms with Crippen LogP contribution < -0.4 is 5.73 Å². The third kappa shape index (κ3) is 2.68. The maximum absolute atomic E-state index is 13.1. The normalized spacial score (nSPS) is 10.8. The van der Waals surface area contributed by atoms with Crippen molar-refractivity contribution in [3.8, 4) is 0 Å². The average Bonchev–Trinajstić information content (AvgIpc) is 2.77. The van der Waals surface area contributed by atoms with Crippen LogP contribution >= 0.6 is 11.3 Å². The van der Waals surface area contributed by atoms with Crippen LogP contribution in [0.3, 0.4) is 0 Å². The summed E-state index contributed by atoms with van der Waals surface area (Å²) in [7, 11) is 1.75. The molecule has 0 aliphatic rings. The molecule has 2 aromatic rings. The molecule has 2 N–H and O–H groups in total. The van der Waals surface area contributed by atoms with Crippen molar-refractivity contribution >= 4 is 27.3 Å². The molecule has 1 aromatic carbocycles. The van der Waals surface area contributed by atoms with E-state index in [2.05, 4.69) is 0 Å². The quantitative estimate of drug-likeness (QED) is 0.924. The number of carbonyl (C=O) groups excluding carboxylic acids is 1. The number of thiophene rings is 1. The van der Waals surface area contributed by atoms with E-state index in [1.165, 1.54) is 23.5 Å². The summed E-state index contributed by atoms with van der Waals surface area (Å²) in [6.07, 6.45) is 0.780. The number of nitrogens with two attached hydrogens (primary N) is 1. The third-order valence-electron chi connectivity index (χ3n) is 2.74. The SMILES string of the molecule is CN(CCCN)C(=O)c1cc2ccc(F)cc2s1. The topological polar surface area (TPSA) is 46.3 Å². The highest BCUT2D eigenvalue weighted by Crippen LogP contribution is 2.27. The summed E-state index contributed by atoms with van der Waals surface area (Å²) in [5, 5.41) is 0.900. The zero-order valence-corrected chi connectivity index (χ0v) is 11.0. The lowest BCUT2D eigenvalue weighted by molar-refractivity contribution is 0.0799. The summed E-state index contributed by atoms with van der Waals surface area (Å²) >= 11 is 1.32. The molecule has 5 heteroatoms. The van der Waals surface area contributed by atoms with Gasteiger partial charge in [-0.05, 0) is 36.6 Å². The largest absolute Gasteiger partial charge is 0.341 e. The second-order valence-corrected chi connectivity index (χ2v) is 5.25. The Kier molecular flexibility index (Phi) is 3.93. The first-order chi connectivity index (χ1) is 8.61. The highest BCUT2D eigenvalue weighted by Gasteiger charge is 2.14. The molecule has 1 aromatic heterocycles. The van der Waals surface area contributed by atoms with Gasteiger partial charge < -0.3 is 10.6 Å². The summed E-state index contributed by atoms with van der Waals surface area (Å²) in [6, 6.07) is 6.36. The lowest BCUT2D eigenvalue weighted by Crippen LogP contribution is -2.28. The summed E-state index contributed by atoms with van der Waals surface area (Å²) in [5.41, 5.74) is 5.42. The monoisotopic (exact) mass is 266 g/mol. The molecule has 0 unspecified atom stereocenters. The van der Waals surface area contributed by atoms with Crippen LogP contribution in [0.5, 0.6) is 0 Å². The highest BCUT2D eigenvalue weighted by molar-refractivity contribution is 7.20. The van der Waals surface area contributed by atoms with Gasteiger partial charge in [-0.1, -0.05) is 6.07 Å². The van der Waals surface area contributed by atoms with Gasteiger partial charge >= 0.3 is 0 Å². The number of amides is 1. The van der Waals surface area contributed by atoms with Crippen LogP contribution in [0.25, 0.3) is 10.1 Å². The van der Waals surface area contributed by atoms with Gasteiger partial charge in [0.25, 0.3) is 5.91 Å². The van der Waals surface area contributed by atoms with E-state index in [-0.39, 0.29) is 11.7 Å². The first-order valence-electron chi connectivity index (χ1n) is 5.76. The molecule has 18 heavy (non-hydrogen) atoms. The molecule has 0 saturated heterocycles. The number of hydrogen-bond donors (Lipinski definition) is 1. The van der Waals surface area contributed by atoms with Crippen molar-refractivity contribution in [2.75, 3.05) is 20.1 Å². The highest BCUT2D eigenvalue weighted by atomic mass is 32.1. The van der Waals surface area contributed by atoms with Crippen LogP contribution in [0.15, 0.2) is 24.3 Å². The number of nitrogens with zero attached hydrogens (tertiary/aromatic N) is 1. The fourth-order valence-electron chi connectivity index (χ4n) is 1.73. The minimum absolute atomic E-state index is 0.0370. The minimum Gasteiger partial charge on any atom is -0.341 e. The molecule has 0 fully saturated rings. The lowest BCUT2D eigenvalue weighted by atomic mass is 10.2. The van der Waals surface area contributed by atoms with Crippen molar-refractivity contribution in [2.24, 2.45) is 5.73 Å². The first kappa shape index (κ1) is 13.0. The van der Waals surface area contributed by atoms with Crippen molar-refractivity contribution in [1.29, 1.82) is 0 Å². The number of benzene rings is 1. The van der Waals surface area contributed by atoms with Gasteiger partial charge in [0.05, 0.1) is 4.88 Å². The van der Waals surface area contributed by atoms with Crippen molar-refractivity contribution in [3.05, 3.63) is 35.0 Å². The molecule has 1 amide bonds. The minimum atomic E-state index is -0.278. The Morgan fingerprint density at radius 3 is 2.94 bits per heavy atom. The molecule has 0 atom stereocenters. The number of carbonyl (C=O) groups is 1. The summed E-state index contributed by atoms with van der Waals surface area (Å²) in [5.74, 6) is -0.315. The van der Waals surface area contributed by atoms with Crippen molar-refractivity contribution in [3.63, 3.8) is 0 Å². The summed E-state index contributed by atoms with van der Waals surface area (Å²) in [4.78, 5) is 14.4. The Balaban J connectivity index is 2.22. The van der Waals surface area contributed by atoms with Crippen LogP contribution in [-0.2, 0) is 0 Å². The zero-order chi connectivity index (χ0) is 13.1. The Bertz CT molecular complexity index is 567. The molecule has 2 rings (SSSR count). The molecular weight excluding hydrogens is 251 g/mol. The third-order valence-corrected chi connectivity index (χ3v) is 3.82. The standard InChI is InChI=1S/C13H15FN2OS/c1-16(6-2-5-15)13(17)12-7-9-3-4-10(14)8-11(9)18-12/h3-4,7-8H,2,5-6,15H2,1H3. The Morgan fingerprint density at radius 2 is 2.22 bits per heavy atom. The van der Waals surface area contributed by atoms with Gasteiger partial charge in [-0.2, -0.15) is 0 Å². The molecule has 96 valence electrons. The number of fused-ring (bicyclic) bond motifs is 1. The molecule has 0 saturated carbocycles. The Labute approximate surface area is 109 Å². The van der Waals surface area contributed by atoms with Gasteiger partial charge in [0.1, 0.15) is 5.82 Å². The summed E-state index contributed by atoms with van der Waals surface area (Å²) in [6.45, 7) is 1.20. The van der Waals surface area contributed by atoms with E-state index >= 15 is 0 Å². The van der Waals surface area contributed by atoms with Gasteiger partial charge in [0, 0.05) is 18.3 Å². The Hall–Kier alpha value is -1.46. The van der Waals surface area contributed by atoms with E-state index < -0.39 is 0 Å². The zero-order valence-electron chi connectivity index (χ0n) is 10.1. The van der Waals surface area contributed by atoms with Gasteiger partial charge in [-0.3, -0.25) is 4.79 Å². The van der Waals surface area contributed by atoms with Gasteiger partial charge in [-0.25, -0.2) is 4.39 Å². The van der Waals surface area contributed by atoms with Crippen molar-refractivity contribution < 1.29 is 9.18 Å². The van der Waals surface area contributed by atoms with Crippen LogP contribution in [0.4, 0.5) is 4.39 Å². The van der Waals surface area contributed by atoms with Crippen LogP contribution in [-0.4, -0.2) is 30.9 Å². The second-order valence-electron chi connectivity index (χ2n) is 4.16. The smallest absolute Gasteiger partial charge is 0.263 e. The predicted octanol–water partition coefficient (Wildman–Crippen LogP) is 2.46. The number of hydrogen-bond acceptors (Lipinski definition) is 3. The Morgan fingerprint density at radius 1 is 1.44 bits per heavy atom. The fraction of sp³-hybridized carbons (Fsp3) is 0.308. The molecule has 0 radical (unpaired) electrons. The van der Waals surface area contributed by atoms with Gasteiger partial charge in [0.15, 0.2) is 0 Å². The van der Waals surface area contributed by atoms with E-state index in [1.807, 2.05) is 0 Å². The molecule has 0 bridgehead atoms. The van der Waals surface area contributed by atoms with E-state index in [1.54, 1.807) is 24.1 Å². The maximum Gasteiger partial charge on any atom is 0.263 e. The summed E-state index contributed by atoms with van der Waals surface area (Å²) < 4.78 is 13.9. The van der Waals surface area contributed by atoms with Gasteiger partial charge in [-0.15, -0.1) is 11.3 Å². The van der Waals surface area contributed by atoms with Crippen LogP contribution in [0.2, 0.25) is 0 Å². The van der Waals surface area contributed by atoms with E-state index in [9.17, 15) is 9.18 Å². The number of rotatable bonds is 4. The average molecular weight is 266 g/mol. The first-order valence-corrected chi connectivity index (χ1v) is 6.58. The van der Waals surface area contributed by atoms with Gasteiger partial charge in [0.2, 0.25) is 0 Å². The molecule has 1 heterocycles.